The summed E-state index contributed by atoms with van der Waals surface area (Å²) >= 11 is 0. The van der Waals surface area contributed by atoms with E-state index >= 15 is 0 Å². The van der Waals surface area contributed by atoms with Crippen molar-refractivity contribution in [2.24, 2.45) is 0 Å². The van der Waals surface area contributed by atoms with E-state index in [1.807, 2.05) is 36.4 Å². The summed E-state index contributed by atoms with van der Waals surface area (Å²) in [6.45, 7) is 2.17. The number of aromatic amines is 1. The standard InChI is InChI=1S/C21H20N4O2/c1-2-3-5-13-7-9-14(10-8-13)24-17-18(20(27)19(17)26)25-16-12-23-21-15(16)6-4-11-22-21/h4,6-12,24-25H,2-3,5H2,1H3,(H,22,23). The molecule has 27 heavy (non-hydrogen) atoms. The summed E-state index contributed by atoms with van der Waals surface area (Å²) in [4.78, 5) is 31.4. The number of pyridine rings is 1. The van der Waals surface area contributed by atoms with Gasteiger partial charge in [0.1, 0.15) is 17.0 Å². The monoisotopic (exact) mass is 360 g/mol. The van der Waals surface area contributed by atoms with E-state index in [1.165, 1.54) is 5.56 Å². The minimum absolute atomic E-state index is 0.278. The van der Waals surface area contributed by atoms with Crippen molar-refractivity contribution >= 4 is 33.8 Å². The lowest BCUT2D eigenvalue weighted by atomic mass is 10.1. The number of nitrogens with one attached hydrogen (secondary N) is 3. The summed E-state index contributed by atoms with van der Waals surface area (Å²) < 4.78 is 0. The smallest absolute Gasteiger partial charge is 0.253 e. The number of rotatable bonds is 7. The van der Waals surface area contributed by atoms with Crippen LogP contribution < -0.4 is 21.5 Å². The molecule has 6 heteroatoms. The van der Waals surface area contributed by atoms with Crippen LogP contribution in [0.25, 0.3) is 11.0 Å². The summed E-state index contributed by atoms with van der Waals surface area (Å²) in [5.74, 6) is 0. The predicted octanol–water partition coefficient (Wildman–Crippen LogP) is 3.99. The molecule has 0 saturated carbocycles. The summed E-state index contributed by atoms with van der Waals surface area (Å²) in [5, 5.41) is 7.00. The zero-order valence-corrected chi connectivity index (χ0v) is 15.0. The average molecular weight is 360 g/mol. The average Bonchev–Trinajstić information content (AvgIpc) is 3.12. The Morgan fingerprint density at radius 1 is 1.00 bits per heavy atom. The van der Waals surface area contributed by atoms with Gasteiger partial charge in [0, 0.05) is 23.5 Å². The number of nitrogens with zero attached hydrogens (tertiary/aromatic N) is 1. The quantitative estimate of drug-likeness (QED) is 0.434. The van der Waals surface area contributed by atoms with E-state index in [0.717, 1.165) is 36.0 Å². The van der Waals surface area contributed by atoms with E-state index < -0.39 is 10.9 Å². The number of aromatic nitrogens is 2. The maximum atomic E-state index is 12.1. The van der Waals surface area contributed by atoms with Crippen molar-refractivity contribution in [3.63, 3.8) is 0 Å². The van der Waals surface area contributed by atoms with Crippen LogP contribution in [0.4, 0.5) is 22.7 Å². The van der Waals surface area contributed by atoms with Gasteiger partial charge in [-0.3, -0.25) is 9.59 Å². The predicted molar refractivity (Wildman–Crippen MR) is 109 cm³/mol. The second-order valence-electron chi connectivity index (χ2n) is 6.56. The molecular weight excluding hydrogens is 340 g/mol. The maximum absolute atomic E-state index is 12.1. The summed E-state index contributed by atoms with van der Waals surface area (Å²) in [6.07, 6.45) is 6.77. The van der Waals surface area contributed by atoms with Gasteiger partial charge in [-0.15, -0.1) is 0 Å². The minimum atomic E-state index is -0.518. The molecule has 0 fully saturated rings. The van der Waals surface area contributed by atoms with Crippen molar-refractivity contribution < 1.29 is 0 Å². The normalized spacial score (nSPS) is 11.1. The molecule has 0 bridgehead atoms. The molecule has 0 aliphatic heterocycles. The Labute approximate surface area is 156 Å². The first-order valence-corrected chi connectivity index (χ1v) is 9.05. The molecule has 0 aliphatic rings. The Hall–Kier alpha value is -3.41. The second kappa shape index (κ2) is 7.07. The third kappa shape index (κ3) is 3.21. The third-order valence-electron chi connectivity index (χ3n) is 4.66. The van der Waals surface area contributed by atoms with Crippen molar-refractivity contribution in [1.29, 1.82) is 0 Å². The molecule has 2 aromatic carbocycles. The van der Waals surface area contributed by atoms with Crippen LogP contribution in [0.15, 0.2) is 58.4 Å². The lowest BCUT2D eigenvalue weighted by Gasteiger charge is -2.14. The van der Waals surface area contributed by atoms with Crippen LogP contribution in [0.2, 0.25) is 0 Å². The van der Waals surface area contributed by atoms with E-state index in [0.29, 0.717) is 11.4 Å². The zero-order chi connectivity index (χ0) is 18.8. The molecule has 2 heterocycles. The van der Waals surface area contributed by atoms with Crippen LogP contribution in [0.5, 0.6) is 0 Å². The van der Waals surface area contributed by atoms with Gasteiger partial charge in [0.25, 0.3) is 10.9 Å². The van der Waals surface area contributed by atoms with E-state index in [-0.39, 0.29) is 5.69 Å². The molecule has 0 unspecified atom stereocenters. The highest BCUT2D eigenvalue weighted by molar-refractivity contribution is 5.94. The zero-order valence-electron chi connectivity index (χ0n) is 15.0. The highest BCUT2D eigenvalue weighted by Gasteiger charge is 2.22. The fourth-order valence-corrected chi connectivity index (χ4v) is 3.10. The molecule has 6 nitrogen and oxygen atoms in total. The number of hydrogen-bond acceptors (Lipinski definition) is 5. The highest BCUT2D eigenvalue weighted by atomic mass is 16.2. The fraction of sp³-hybridized carbons (Fsp3) is 0.190. The summed E-state index contributed by atoms with van der Waals surface area (Å²) in [7, 11) is 0. The first-order valence-electron chi connectivity index (χ1n) is 9.05. The van der Waals surface area contributed by atoms with E-state index in [1.54, 1.807) is 12.4 Å². The largest absolute Gasteiger partial charge is 0.350 e. The number of fused-ring (bicyclic) bond motifs is 1. The Kier molecular flexibility index (Phi) is 4.46. The number of benzene rings is 1. The molecule has 0 atom stereocenters. The molecular formula is C21H20N4O2. The maximum Gasteiger partial charge on any atom is 0.253 e. The lowest BCUT2D eigenvalue weighted by Crippen LogP contribution is -2.35. The van der Waals surface area contributed by atoms with E-state index in [9.17, 15) is 9.59 Å². The molecule has 136 valence electrons. The third-order valence-corrected chi connectivity index (χ3v) is 4.66. The van der Waals surface area contributed by atoms with Crippen LogP contribution in [-0.2, 0) is 6.42 Å². The topological polar surface area (TPSA) is 86.9 Å². The second-order valence-corrected chi connectivity index (χ2v) is 6.56. The van der Waals surface area contributed by atoms with Crippen molar-refractivity contribution in [2.45, 2.75) is 26.2 Å². The first-order chi connectivity index (χ1) is 13.2. The van der Waals surface area contributed by atoms with Gasteiger partial charge in [0.15, 0.2) is 0 Å². The molecule has 4 rings (SSSR count). The van der Waals surface area contributed by atoms with Gasteiger partial charge in [-0.2, -0.15) is 0 Å². The van der Waals surface area contributed by atoms with E-state index in [4.69, 9.17) is 0 Å². The number of aryl methyl sites for hydroxylation is 1. The number of anilines is 4. The van der Waals surface area contributed by atoms with Gasteiger partial charge in [0.2, 0.25) is 0 Å². The summed E-state index contributed by atoms with van der Waals surface area (Å²) in [6, 6.07) is 11.7. The van der Waals surface area contributed by atoms with Crippen LogP contribution in [0, 0.1) is 0 Å². The van der Waals surface area contributed by atoms with Crippen molar-refractivity contribution in [3.05, 3.63) is 74.8 Å². The van der Waals surface area contributed by atoms with Crippen LogP contribution in [0.3, 0.4) is 0 Å². The molecule has 3 N–H and O–H groups in total. The Morgan fingerprint density at radius 3 is 2.48 bits per heavy atom. The molecule has 0 saturated heterocycles. The Balaban J connectivity index is 1.56. The number of H-pyrrole nitrogens is 1. The van der Waals surface area contributed by atoms with Crippen molar-refractivity contribution in [1.82, 2.24) is 9.97 Å². The minimum Gasteiger partial charge on any atom is -0.350 e. The fourth-order valence-electron chi connectivity index (χ4n) is 3.10. The van der Waals surface area contributed by atoms with Gasteiger partial charge in [-0.25, -0.2) is 4.98 Å². The van der Waals surface area contributed by atoms with Crippen LogP contribution >= 0.6 is 0 Å². The van der Waals surface area contributed by atoms with Crippen LogP contribution in [0.1, 0.15) is 25.3 Å². The number of unbranched alkanes of at least 4 members (excludes halogenated alkanes) is 1. The van der Waals surface area contributed by atoms with Gasteiger partial charge < -0.3 is 15.6 Å². The van der Waals surface area contributed by atoms with Crippen molar-refractivity contribution in [2.75, 3.05) is 10.6 Å². The molecule has 4 aromatic rings. The molecule has 0 amide bonds. The SMILES string of the molecule is CCCCc1ccc(Nc2c(Nc3c[nH]c4ncccc34)c(=O)c2=O)cc1. The van der Waals surface area contributed by atoms with Gasteiger partial charge in [-0.05, 0) is 42.7 Å². The first kappa shape index (κ1) is 17.0. The van der Waals surface area contributed by atoms with E-state index in [2.05, 4.69) is 27.5 Å². The Bertz CT molecular complexity index is 1150. The van der Waals surface area contributed by atoms with Gasteiger partial charge in [0.05, 0.1) is 5.69 Å². The molecule has 0 spiro atoms. The van der Waals surface area contributed by atoms with Gasteiger partial charge in [-0.1, -0.05) is 25.5 Å². The van der Waals surface area contributed by atoms with Gasteiger partial charge >= 0.3 is 0 Å². The van der Waals surface area contributed by atoms with Crippen molar-refractivity contribution in [3.8, 4) is 0 Å². The molecule has 0 radical (unpaired) electrons. The summed E-state index contributed by atoms with van der Waals surface area (Å²) in [5.41, 5.74) is 3.02. The highest BCUT2D eigenvalue weighted by Crippen LogP contribution is 2.28. The Morgan fingerprint density at radius 2 is 1.74 bits per heavy atom. The van der Waals surface area contributed by atoms with Crippen LogP contribution in [-0.4, -0.2) is 9.97 Å². The molecule has 0 aliphatic carbocycles. The molecule has 2 aromatic heterocycles. The number of hydrogen-bond donors (Lipinski definition) is 3. The lowest BCUT2D eigenvalue weighted by molar-refractivity contribution is 0.795.